The molecule has 0 fully saturated rings. The Labute approximate surface area is 112 Å². The minimum atomic E-state index is -0.771. The molecule has 7 nitrogen and oxygen atoms in total. The van der Waals surface area contributed by atoms with Crippen LogP contribution < -0.4 is 0 Å². The third kappa shape index (κ3) is 1.72. The van der Waals surface area contributed by atoms with Crippen molar-refractivity contribution in [3.63, 3.8) is 0 Å². The van der Waals surface area contributed by atoms with E-state index in [9.17, 15) is 20.3 Å². The molecule has 3 aromatic rings. The van der Waals surface area contributed by atoms with Crippen LogP contribution in [0.4, 0.5) is 5.69 Å². The molecule has 1 heterocycles. The van der Waals surface area contributed by atoms with Crippen LogP contribution in [0.25, 0.3) is 16.6 Å². The summed E-state index contributed by atoms with van der Waals surface area (Å²) in [5, 5.41) is 35.1. The fourth-order valence-corrected chi connectivity index (χ4v) is 2.01. The summed E-state index contributed by atoms with van der Waals surface area (Å²) in [5.41, 5.74) is 0.175. The predicted octanol–water partition coefficient (Wildman–Crippen LogP) is 2.34. The standard InChI is InChI=1S/C13H9N3O4/c17-11-6-5-10(12(13(11)18)16(19)20)15-7-8-3-1-2-4-9(8)14-15/h1-7,17-18H. The highest BCUT2D eigenvalue weighted by molar-refractivity contribution is 5.79. The number of nitrogens with zero attached hydrogens (tertiary/aromatic N) is 3. The molecular weight excluding hydrogens is 262 g/mol. The van der Waals surface area contributed by atoms with Gasteiger partial charge in [-0.05, 0) is 18.2 Å². The van der Waals surface area contributed by atoms with Crippen LogP contribution >= 0.6 is 0 Å². The van der Waals surface area contributed by atoms with E-state index in [0.717, 1.165) is 5.39 Å². The fraction of sp³-hybridized carbons (Fsp3) is 0. The molecule has 0 atom stereocenters. The third-order valence-electron chi connectivity index (χ3n) is 2.95. The van der Waals surface area contributed by atoms with E-state index in [1.54, 1.807) is 12.3 Å². The second-order valence-corrected chi connectivity index (χ2v) is 4.19. The highest BCUT2D eigenvalue weighted by Gasteiger charge is 2.24. The lowest BCUT2D eigenvalue weighted by Crippen LogP contribution is -2.01. The summed E-state index contributed by atoms with van der Waals surface area (Å²) in [6, 6.07) is 9.76. The first-order valence-electron chi connectivity index (χ1n) is 5.72. The van der Waals surface area contributed by atoms with Crippen molar-refractivity contribution in [3.05, 3.63) is 52.7 Å². The normalized spacial score (nSPS) is 10.8. The number of nitro benzene ring substituents is 1. The maximum Gasteiger partial charge on any atom is 0.340 e. The van der Waals surface area contributed by atoms with Crippen LogP contribution in [0, 0.1) is 10.1 Å². The van der Waals surface area contributed by atoms with E-state index < -0.39 is 22.1 Å². The highest BCUT2D eigenvalue weighted by Crippen LogP contribution is 2.39. The summed E-state index contributed by atoms with van der Waals surface area (Å²) >= 11 is 0. The molecule has 3 rings (SSSR count). The summed E-state index contributed by atoms with van der Waals surface area (Å²) < 4.78 is 1.31. The summed E-state index contributed by atoms with van der Waals surface area (Å²) in [5.74, 6) is -1.32. The third-order valence-corrected chi connectivity index (χ3v) is 2.95. The topological polar surface area (TPSA) is 101 Å². The molecule has 2 aromatic carbocycles. The molecule has 1 aromatic heterocycles. The Hall–Kier alpha value is -3.09. The Morgan fingerprint density at radius 1 is 1.15 bits per heavy atom. The van der Waals surface area contributed by atoms with Gasteiger partial charge in [-0.2, -0.15) is 5.10 Å². The van der Waals surface area contributed by atoms with Gasteiger partial charge < -0.3 is 10.2 Å². The van der Waals surface area contributed by atoms with Crippen LogP contribution in [0.2, 0.25) is 0 Å². The van der Waals surface area contributed by atoms with Gasteiger partial charge in [0.2, 0.25) is 5.75 Å². The molecule has 0 aliphatic carbocycles. The fourth-order valence-electron chi connectivity index (χ4n) is 2.01. The van der Waals surface area contributed by atoms with Crippen LogP contribution in [-0.2, 0) is 0 Å². The lowest BCUT2D eigenvalue weighted by Gasteiger charge is -2.05. The molecule has 2 N–H and O–H groups in total. The van der Waals surface area contributed by atoms with Crippen molar-refractivity contribution >= 4 is 16.6 Å². The molecule has 0 spiro atoms. The molecule has 0 aliphatic heterocycles. The molecule has 0 unspecified atom stereocenters. The lowest BCUT2D eigenvalue weighted by atomic mass is 10.2. The average molecular weight is 271 g/mol. The van der Waals surface area contributed by atoms with Crippen molar-refractivity contribution in [1.82, 2.24) is 9.78 Å². The smallest absolute Gasteiger partial charge is 0.340 e. The van der Waals surface area contributed by atoms with E-state index in [1.807, 2.05) is 18.2 Å². The van der Waals surface area contributed by atoms with Crippen molar-refractivity contribution in [2.45, 2.75) is 0 Å². The molecule has 0 aliphatic rings. The van der Waals surface area contributed by atoms with Crippen molar-refractivity contribution in [1.29, 1.82) is 0 Å². The Morgan fingerprint density at radius 2 is 1.90 bits per heavy atom. The van der Waals surface area contributed by atoms with Crippen molar-refractivity contribution in [2.24, 2.45) is 0 Å². The van der Waals surface area contributed by atoms with Crippen molar-refractivity contribution in [2.75, 3.05) is 0 Å². The number of aromatic nitrogens is 2. The van der Waals surface area contributed by atoms with Crippen LogP contribution in [-0.4, -0.2) is 24.9 Å². The zero-order valence-corrected chi connectivity index (χ0v) is 10.1. The van der Waals surface area contributed by atoms with Gasteiger partial charge in [0.05, 0.1) is 10.4 Å². The van der Waals surface area contributed by atoms with Crippen LogP contribution in [0.1, 0.15) is 0 Å². The van der Waals surface area contributed by atoms with E-state index in [-0.39, 0.29) is 5.69 Å². The van der Waals surface area contributed by atoms with E-state index in [1.165, 1.54) is 16.8 Å². The Balaban J connectivity index is 2.28. The van der Waals surface area contributed by atoms with Crippen molar-refractivity contribution < 1.29 is 15.1 Å². The number of hydrogen-bond acceptors (Lipinski definition) is 5. The SMILES string of the molecule is O=[N+]([O-])c1c(-n2cc3ccccc3n2)ccc(O)c1O. The van der Waals surface area contributed by atoms with Crippen molar-refractivity contribution in [3.8, 4) is 17.2 Å². The molecule has 0 bridgehead atoms. The van der Waals surface area contributed by atoms with Gasteiger partial charge in [0.15, 0.2) is 5.75 Å². The molecule has 0 radical (unpaired) electrons. The molecule has 0 saturated heterocycles. The van der Waals surface area contributed by atoms with E-state index in [2.05, 4.69) is 5.10 Å². The second kappa shape index (κ2) is 4.23. The van der Waals surface area contributed by atoms with Gasteiger partial charge in [-0.15, -0.1) is 0 Å². The maximum atomic E-state index is 11.1. The van der Waals surface area contributed by atoms with Crippen LogP contribution in [0.15, 0.2) is 42.6 Å². The Bertz CT molecular complexity index is 793. The molecule has 7 heteroatoms. The van der Waals surface area contributed by atoms with Gasteiger partial charge in [0, 0.05) is 11.6 Å². The van der Waals surface area contributed by atoms with Gasteiger partial charge in [-0.1, -0.05) is 18.2 Å². The lowest BCUT2D eigenvalue weighted by molar-refractivity contribution is -0.385. The Kier molecular flexibility index (Phi) is 2.53. The largest absolute Gasteiger partial charge is 0.504 e. The maximum absolute atomic E-state index is 11.1. The minimum Gasteiger partial charge on any atom is -0.504 e. The Morgan fingerprint density at radius 3 is 2.60 bits per heavy atom. The average Bonchev–Trinajstić information content (AvgIpc) is 2.84. The molecule has 20 heavy (non-hydrogen) atoms. The number of nitro groups is 1. The van der Waals surface area contributed by atoms with E-state index in [4.69, 9.17) is 0 Å². The summed E-state index contributed by atoms with van der Waals surface area (Å²) in [4.78, 5) is 10.3. The molecule has 0 amide bonds. The molecule has 0 saturated carbocycles. The number of phenols is 2. The molecule has 100 valence electrons. The summed E-state index contributed by atoms with van der Waals surface area (Å²) in [7, 11) is 0. The van der Waals surface area contributed by atoms with Crippen LogP contribution in [0.3, 0.4) is 0 Å². The highest BCUT2D eigenvalue weighted by atomic mass is 16.6. The monoisotopic (exact) mass is 271 g/mol. The van der Waals surface area contributed by atoms with Gasteiger partial charge in [0.1, 0.15) is 5.69 Å². The van der Waals surface area contributed by atoms with Gasteiger partial charge in [-0.3, -0.25) is 10.1 Å². The number of rotatable bonds is 2. The first kappa shape index (κ1) is 12.0. The van der Waals surface area contributed by atoms with E-state index in [0.29, 0.717) is 5.52 Å². The zero-order valence-electron chi connectivity index (χ0n) is 10.1. The minimum absolute atomic E-state index is 0.0847. The first-order chi connectivity index (χ1) is 9.58. The zero-order chi connectivity index (χ0) is 14.3. The first-order valence-corrected chi connectivity index (χ1v) is 5.72. The molecular formula is C13H9N3O4. The van der Waals surface area contributed by atoms with Gasteiger partial charge in [-0.25, -0.2) is 4.68 Å². The van der Waals surface area contributed by atoms with Crippen LogP contribution in [0.5, 0.6) is 11.5 Å². The summed E-state index contributed by atoms with van der Waals surface area (Å²) in [6.45, 7) is 0. The quantitative estimate of drug-likeness (QED) is 0.423. The van der Waals surface area contributed by atoms with Gasteiger partial charge in [0.25, 0.3) is 0 Å². The second-order valence-electron chi connectivity index (χ2n) is 4.19. The summed E-state index contributed by atoms with van der Waals surface area (Å²) in [6.07, 6.45) is 1.62. The number of aromatic hydroxyl groups is 2. The van der Waals surface area contributed by atoms with Gasteiger partial charge >= 0.3 is 5.69 Å². The number of hydrogen-bond donors (Lipinski definition) is 2. The number of fused-ring (bicyclic) bond motifs is 1. The number of benzene rings is 2. The van der Waals surface area contributed by atoms with E-state index >= 15 is 0 Å². The number of phenolic OH excluding ortho intramolecular Hbond substituents is 2. The predicted molar refractivity (Wildman–Crippen MR) is 71.1 cm³/mol.